The van der Waals surface area contributed by atoms with Crippen molar-refractivity contribution in [2.24, 2.45) is 0 Å². The molecule has 0 amide bonds. The average molecular weight is 241 g/mol. The summed E-state index contributed by atoms with van der Waals surface area (Å²) in [6.45, 7) is 0. The highest BCUT2D eigenvalue weighted by molar-refractivity contribution is 6.39. The summed E-state index contributed by atoms with van der Waals surface area (Å²) in [6.07, 6.45) is 0. The number of ether oxygens (including phenoxy) is 1. The average Bonchev–Trinajstić information content (AvgIpc) is 2.02. The van der Waals surface area contributed by atoms with Crippen LogP contribution in [0.2, 0.25) is 15.6 Å². The van der Waals surface area contributed by atoms with Crippen molar-refractivity contribution in [3.63, 3.8) is 0 Å². The van der Waals surface area contributed by atoms with Gasteiger partial charge >= 0.3 is 5.97 Å². The van der Waals surface area contributed by atoms with E-state index in [-0.39, 0.29) is 21.2 Å². The van der Waals surface area contributed by atoms with E-state index in [1.165, 1.54) is 7.11 Å². The lowest BCUT2D eigenvalue weighted by atomic mass is 10.3. The van der Waals surface area contributed by atoms with Crippen molar-refractivity contribution in [2.75, 3.05) is 7.11 Å². The number of methoxy groups -OCH3 is 1. The molecular formula is C6H3Cl3N2O2. The number of nitrogens with zero attached hydrogens (tertiary/aromatic N) is 2. The number of halogens is 3. The van der Waals surface area contributed by atoms with Crippen molar-refractivity contribution < 1.29 is 9.53 Å². The Morgan fingerprint density at radius 2 is 1.69 bits per heavy atom. The fourth-order valence-corrected chi connectivity index (χ4v) is 1.45. The van der Waals surface area contributed by atoms with E-state index >= 15 is 0 Å². The Labute approximate surface area is 88.8 Å². The van der Waals surface area contributed by atoms with Gasteiger partial charge in [0.25, 0.3) is 0 Å². The first-order chi connectivity index (χ1) is 6.06. The van der Waals surface area contributed by atoms with Gasteiger partial charge in [0.2, 0.25) is 5.28 Å². The van der Waals surface area contributed by atoms with Gasteiger partial charge < -0.3 is 4.74 Å². The molecule has 7 heteroatoms. The van der Waals surface area contributed by atoms with E-state index in [0.29, 0.717) is 0 Å². The molecule has 70 valence electrons. The summed E-state index contributed by atoms with van der Waals surface area (Å²) in [5.74, 6) is -0.702. The van der Waals surface area contributed by atoms with Crippen LogP contribution in [0.3, 0.4) is 0 Å². The molecule has 0 fully saturated rings. The molecule has 1 aromatic heterocycles. The molecule has 0 radical (unpaired) electrons. The van der Waals surface area contributed by atoms with Gasteiger partial charge in [0.1, 0.15) is 15.9 Å². The summed E-state index contributed by atoms with van der Waals surface area (Å²) in [4.78, 5) is 18.1. The van der Waals surface area contributed by atoms with Crippen LogP contribution < -0.4 is 0 Å². The van der Waals surface area contributed by atoms with E-state index in [0.717, 1.165) is 0 Å². The van der Waals surface area contributed by atoms with E-state index < -0.39 is 5.97 Å². The maximum Gasteiger partial charge on any atom is 0.344 e. The Balaban J connectivity index is 3.28. The van der Waals surface area contributed by atoms with E-state index in [9.17, 15) is 4.79 Å². The van der Waals surface area contributed by atoms with Crippen molar-refractivity contribution in [3.8, 4) is 0 Å². The number of carbonyl (C=O) groups excluding carboxylic acids is 1. The molecule has 0 bridgehead atoms. The molecule has 0 saturated carbocycles. The second-order valence-electron chi connectivity index (χ2n) is 1.94. The quantitative estimate of drug-likeness (QED) is 0.430. The maximum absolute atomic E-state index is 11.1. The Hall–Kier alpha value is -0.580. The molecule has 0 atom stereocenters. The molecule has 0 aliphatic carbocycles. The first-order valence-electron chi connectivity index (χ1n) is 3.03. The van der Waals surface area contributed by atoms with Crippen LogP contribution in [0.1, 0.15) is 10.4 Å². The number of carbonyl (C=O) groups is 1. The van der Waals surface area contributed by atoms with Crippen LogP contribution in [-0.2, 0) is 4.74 Å². The van der Waals surface area contributed by atoms with Gasteiger partial charge in [-0.2, -0.15) is 0 Å². The zero-order chi connectivity index (χ0) is 10.0. The zero-order valence-corrected chi connectivity index (χ0v) is 8.61. The lowest BCUT2D eigenvalue weighted by molar-refractivity contribution is 0.0600. The fraction of sp³-hybridized carbons (Fsp3) is 0.167. The molecule has 1 rings (SSSR count). The van der Waals surface area contributed by atoms with E-state index in [4.69, 9.17) is 34.8 Å². The first kappa shape index (κ1) is 10.5. The topological polar surface area (TPSA) is 52.1 Å². The van der Waals surface area contributed by atoms with Crippen molar-refractivity contribution in [3.05, 3.63) is 21.2 Å². The van der Waals surface area contributed by atoms with Crippen LogP contribution in [0.4, 0.5) is 0 Å². The van der Waals surface area contributed by atoms with Crippen LogP contribution in [0, 0.1) is 0 Å². The highest BCUT2D eigenvalue weighted by Crippen LogP contribution is 2.23. The van der Waals surface area contributed by atoms with Crippen molar-refractivity contribution in [1.29, 1.82) is 0 Å². The Bertz CT molecular complexity index is 333. The van der Waals surface area contributed by atoms with Gasteiger partial charge in [-0.15, -0.1) is 0 Å². The highest BCUT2D eigenvalue weighted by atomic mass is 35.5. The molecule has 1 aromatic rings. The monoisotopic (exact) mass is 240 g/mol. The lowest BCUT2D eigenvalue weighted by Gasteiger charge is -2.02. The van der Waals surface area contributed by atoms with E-state index in [2.05, 4.69) is 14.7 Å². The number of hydrogen-bond donors (Lipinski definition) is 0. The first-order valence-corrected chi connectivity index (χ1v) is 4.16. The van der Waals surface area contributed by atoms with Crippen molar-refractivity contribution in [1.82, 2.24) is 9.97 Å². The summed E-state index contributed by atoms with van der Waals surface area (Å²) in [6, 6.07) is 0. The minimum absolute atomic E-state index is 0.0877. The van der Waals surface area contributed by atoms with E-state index in [1.54, 1.807) is 0 Å². The van der Waals surface area contributed by atoms with Gasteiger partial charge in [-0.25, -0.2) is 14.8 Å². The van der Waals surface area contributed by atoms with Crippen LogP contribution in [0.5, 0.6) is 0 Å². The Kier molecular flexibility index (Phi) is 3.30. The third-order valence-corrected chi connectivity index (χ3v) is 1.90. The van der Waals surface area contributed by atoms with Gasteiger partial charge in [0, 0.05) is 0 Å². The summed E-state index contributed by atoms with van der Waals surface area (Å²) in [5, 5.41) is -0.378. The molecule has 1 heterocycles. The van der Waals surface area contributed by atoms with Gasteiger partial charge in [-0.05, 0) is 11.6 Å². The summed E-state index contributed by atoms with van der Waals surface area (Å²) < 4.78 is 4.41. The highest BCUT2D eigenvalue weighted by Gasteiger charge is 2.18. The molecule has 0 aliphatic heterocycles. The molecule has 0 aliphatic rings. The lowest BCUT2D eigenvalue weighted by Crippen LogP contribution is -2.06. The van der Waals surface area contributed by atoms with Crippen LogP contribution in [-0.4, -0.2) is 23.0 Å². The molecular weight excluding hydrogens is 238 g/mol. The Morgan fingerprint density at radius 3 is 2.08 bits per heavy atom. The van der Waals surface area contributed by atoms with Gasteiger partial charge in [0.15, 0.2) is 0 Å². The summed E-state index contributed by atoms with van der Waals surface area (Å²) in [5.41, 5.74) is -0.0877. The molecule has 0 spiro atoms. The standard InChI is InChI=1S/C6H3Cl3N2O2/c1-13-5(12)2-3(7)10-6(9)11-4(2)8/h1H3. The summed E-state index contributed by atoms with van der Waals surface area (Å²) >= 11 is 16.6. The minimum Gasteiger partial charge on any atom is -0.465 e. The predicted molar refractivity (Wildman–Crippen MR) is 48.4 cm³/mol. The molecule has 4 nitrogen and oxygen atoms in total. The Morgan fingerprint density at radius 1 is 1.23 bits per heavy atom. The number of esters is 1. The third kappa shape index (κ3) is 2.21. The molecule has 0 aromatic carbocycles. The zero-order valence-electron chi connectivity index (χ0n) is 6.34. The molecule has 13 heavy (non-hydrogen) atoms. The SMILES string of the molecule is COC(=O)c1c(Cl)nc(Cl)nc1Cl. The van der Waals surface area contributed by atoms with Crippen LogP contribution in [0.25, 0.3) is 0 Å². The van der Waals surface area contributed by atoms with Crippen molar-refractivity contribution >= 4 is 40.8 Å². The minimum atomic E-state index is -0.702. The van der Waals surface area contributed by atoms with Gasteiger partial charge in [-0.3, -0.25) is 0 Å². The maximum atomic E-state index is 11.1. The number of hydrogen-bond acceptors (Lipinski definition) is 4. The smallest absolute Gasteiger partial charge is 0.344 e. The molecule has 0 saturated heterocycles. The van der Waals surface area contributed by atoms with Crippen LogP contribution >= 0.6 is 34.8 Å². The van der Waals surface area contributed by atoms with Gasteiger partial charge in [-0.1, -0.05) is 23.2 Å². The largest absolute Gasteiger partial charge is 0.465 e. The van der Waals surface area contributed by atoms with Crippen molar-refractivity contribution in [2.45, 2.75) is 0 Å². The normalized spacial score (nSPS) is 9.85. The third-order valence-electron chi connectivity index (χ3n) is 1.18. The van der Waals surface area contributed by atoms with Gasteiger partial charge in [0.05, 0.1) is 7.11 Å². The van der Waals surface area contributed by atoms with Crippen LogP contribution in [0.15, 0.2) is 0 Å². The predicted octanol–water partition coefficient (Wildman–Crippen LogP) is 2.22. The molecule has 0 unspecified atom stereocenters. The second kappa shape index (κ2) is 4.09. The fourth-order valence-electron chi connectivity index (χ4n) is 0.654. The number of aromatic nitrogens is 2. The summed E-state index contributed by atoms with van der Waals surface area (Å²) in [7, 11) is 1.20. The second-order valence-corrected chi connectivity index (χ2v) is 2.99. The number of rotatable bonds is 1. The van der Waals surface area contributed by atoms with E-state index in [1.807, 2.05) is 0 Å². The molecule has 0 N–H and O–H groups in total.